The summed E-state index contributed by atoms with van der Waals surface area (Å²) in [5, 5.41) is 17.4. The van der Waals surface area contributed by atoms with Gasteiger partial charge in [0, 0.05) is 23.7 Å². The Labute approximate surface area is 195 Å². The van der Waals surface area contributed by atoms with Crippen LogP contribution in [-0.2, 0) is 11.3 Å². The molecule has 1 unspecified atom stereocenters. The van der Waals surface area contributed by atoms with Crippen LogP contribution in [0.15, 0.2) is 41.0 Å². The van der Waals surface area contributed by atoms with Crippen LogP contribution in [0, 0.1) is 5.92 Å². The van der Waals surface area contributed by atoms with Crippen molar-refractivity contribution in [3.8, 4) is 5.75 Å². The van der Waals surface area contributed by atoms with Crippen molar-refractivity contribution in [3.05, 3.63) is 47.2 Å². The molecule has 2 N–H and O–H groups in total. The lowest BCUT2D eigenvalue weighted by Crippen LogP contribution is -2.33. The first-order chi connectivity index (χ1) is 15.4. The molecule has 1 aromatic carbocycles. The Morgan fingerprint density at radius 1 is 1.22 bits per heavy atom. The molecule has 2 heterocycles. The Morgan fingerprint density at radius 3 is 2.56 bits per heavy atom. The third kappa shape index (κ3) is 5.86. The highest BCUT2D eigenvalue weighted by molar-refractivity contribution is 7.99. The molecule has 2 aromatic heterocycles. The van der Waals surface area contributed by atoms with Gasteiger partial charge in [0.2, 0.25) is 5.91 Å². The molecule has 0 spiro atoms. The fraction of sp³-hybridized carbons (Fsp3) is 0.381. The van der Waals surface area contributed by atoms with Crippen molar-refractivity contribution in [2.75, 3.05) is 18.2 Å². The quantitative estimate of drug-likeness (QED) is 0.432. The van der Waals surface area contributed by atoms with Crippen LogP contribution in [0.3, 0.4) is 0 Å². The molecular formula is C21H26N6O3S2. The van der Waals surface area contributed by atoms with Crippen molar-refractivity contribution in [3.63, 3.8) is 0 Å². The zero-order chi connectivity index (χ0) is 23.1. The van der Waals surface area contributed by atoms with Gasteiger partial charge in [0.15, 0.2) is 16.1 Å². The molecule has 1 atom stereocenters. The molecule has 0 radical (unpaired) electrons. The van der Waals surface area contributed by atoms with Gasteiger partial charge in [0.25, 0.3) is 5.91 Å². The van der Waals surface area contributed by atoms with E-state index in [9.17, 15) is 9.59 Å². The highest BCUT2D eigenvalue weighted by atomic mass is 32.2. The van der Waals surface area contributed by atoms with Crippen molar-refractivity contribution in [2.24, 2.45) is 5.92 Å². The van der Waals surface area contributed by atoms with Crippen LogP contribution in [-0.4, -0.2) is 44.4 Å². The van der Waals surface area contributed by atoms with Crippen molar-refractivity contribution in [2.45, 2.75) is 38.5 Å². The summed E-state index contributed by atoms with van der Waals surface area (Å²) in [5.41, 5.74) is 0.535. The van der Waals surface area contributed by atoms with Gasteiger partial charge < -0.3 is 19.9 Å². The zero-order valence-corrected chi connectivity index (χ0v) is 20.0. The van der Waals surface area contributed by atoms with Gasteiger partial charge in [-0.05, 0) is 37.1 Å². The Morgan fingerprint density at radius 2 is 1.97 bits per heavy atom. The molecule has 170 valence electrons. The topological polar surface area (TPSA) is 111 Å². The standard InChI is InChI=1S/C21H26N6O3S2/c1-5-27-18(25-26-21(27)32-12-16(28)23-20-22-10-11-31-20)17(13(2)3)24-19(29)14-6-8-15(30-4)9-7-14/h6-11,13,17H,5,12H2,1-4H3,(H,24,29)(H,22,23,28). The van der Waals surface area contributed by atoms with E-state index in [2.05, 4.69) is 25.8 Å². The van der Waals surface area contributed by atoms with Gasteiger partial charge in [-0.3, -0.25) is 9.59 Å². The number of thiazole rings is 1. The zero-order valence-electron chi connectivity index (χ0n) is 18.4. The SMILES string of the molecule is CCn1c(SCC(=O)Nc2nccs2)nnc1C(NC(=O)c1ccc(OC)cc1)C(C)C. The number of ether oxygens (including phenoxy) is 1. The van der Waals surface area contributed by atoms with E-state index in [-0.39, 0.29) is 29.5 Å². The van der Waals surface area contributed by atoms with Gasteiger partial charge in [-0.2, -0.15) is 0 Å². The minimum atomic E-state index is -0.337. The van der Waals surface area contributed by atoms with Crippen molar-refractivity contribution >= 4 is 40.0 Å². The Hall–Kier alpha value is -2.92. The second-order valence-electron chi connectivity index (χ2n) is 7.18. The molecule has 0 aliphatic carbocycles. The largest absolute Gasteiger partial charge is 0.497 e. The normalized spacial score (nSPS) is 11.9. The maximum absolute atomic E-state index is 12.8. The van der Waals surface area contributed by atoms with Crippen LogP contribution in [0.25, 0.3) is 0 Å². The van der Waals surface area contributed by atoms with E-state index < -0.39 is 0 Å². The number of hydrogen-bond acceptors (Lipinski definition) is 8. The Bertz CT molecular complexity index is 1030. The third-order valence-electron chi connectivity index (χ3n) is 4.66. The maximum Gasteiger partial charge on any atom is 0.251 e. The summed E-state index contributed by atoms with van der Waals surface area (Å²) < 4.78 is 7.08. The summed E-state index contributed by atoms with van der Waals surface area (Å²) in [6.45, 7) is 6.62. The summed E-state index contributed by atoms with van der Waals surface area (Å²) >= 11 is 2.66. The van der Waals surface area contributed by atoms with Gasteiger partial charge in [-0.15, -0.1) is 21.5 Å². The molecule has 3 aromatic rings. The average molecular weight is 475 g/mol. The van der Waals surface area contributed by atoms with Gasteiger partial charge in [-0.1, -0.05) is 25.6 Å². The molecule has 2 amide bonds. The molecular weight excluding hydrogens is 448 g/mol. The number of carbonyl (C=O) groups is 2. The molecule has 0 saturated carbocycles. The molecule has 0 bridgehead atoms. The number of rotatable bonds is 10. The average Bonchev–Trinajstić information content (AvgIpc) is 3.45. The lowest BCUT2D eigenvalue weighted by atomic mass is 10.0. The number of anilines is 1. The number of amides is 2. The second-order valence-corrected chi connectivity index (χ2v) is 9.02. The molecule has 3 rings (SSSR count). The summed E-state index contributed by atoms with van der Waals surface area (Å²) in [4.78, 5) is 29.1. The molecule has 0 aliphatic heterocycles. The number of methoxy groups -OCH3 is 1. The highest BCUT2D eigenvalue weighted by Crippen LogP contribution is 2.26. The van der Waals surface area contributed by atoms with Crippen LogP contribution in [0.5, 0.6) is 5.75 Å². The van der Waals surface area contributed by atoms with E-state index in [1.807, 2.05) is 25.3 Å². The van der Waals surface area contributed by atoms with E-state index in [4.69, 9.17) is 4.74 Å². The lowest BCUT2D eigenvalue weighted by molar-refractivity contribution is -0.113. The third-order valence-corrected chi connectivity index (χ3v) is 6.31. The fourth-order valence-electron chi connectivity index (χ4n) is 3.00. The van der Waals surface area contributed by atoms with Crippen LogP contribution in [0.1, 0.15) is 43.0 Å². The van der Waals surface area contributed by atoms with Crippen molar-refractivity contribution in [1.82, 2.24) is 25.1 Å². The summed E-state index contributed by atoms with van der Waals surface area (Å²) in [6.07, 6.45) is 1.64. The van der Waals surface area contributed by atoms with Gasteiger partial charge in [0.05, 0.1) is 18.9 Å². The first-order valence-corrected chi connectivity index (χ1v) is 12.0. The summed E-state index contributed by atoms with van der Waals surface area (Å²) in [5.74, 6) is 1.25. The van der Waals surface area contributed by atoms with Crippen LogP contribution in [0.2, 0.25) is 0 Å². The summed E-state index contributed by atoms with van der Waals surface area (Å²) in [7, 11) is 1.58. The minimum Gasteiger partial charge on any atom is -0.497 e. The van der Waals surface area contributed by atoms with Crippen molar-refractivity contribution < 1.29 is 14.3 Å². The second kappa shape index (κ2) is 11.1. The highest BCUT2D eigenvalue weighted by Gasteiger charge is 2.26. The number of thioether (sulfide) groups is 1. The molecule has 32 heavy (non-hydrogen) atoms. The van der Waals surface area contributed by atoms with E-state index >= 15 is 0 Å². The number of aromatic nitrogens is 4. The van der Waals surface area contributed by atoms with Crippen molar-refractivity contribution in [1.29, 1.82) is 0 Å². The van der Waals surface area contributed by atoms with E-state index in [0.29, 0.717) is 34.0 Å². The molecule has 11 heteroatoms. The number of nitrogens with zero attached hydrogens (tertiary/aromatic N) is 4. The minimum absolute atomic E-state index is 0.0812. The number of carbonyl (C=O) groups excluding carboxylic acids is 2. The summed E-state index contributed by atoms with van der Waals surface area (Å²) in [6, 6.07) is 6.60. The lowest BCUT2D eigenvalue weighted by Gasteiger charge is -2.22. The number of nitrogens with one attached hydrogen (secondary N) is 2. The van der Waals surface area contributed by atoms with E-state index in [1.54, 1.807) is 43.0 Å². The smallest absolute Gasteiger partial charge is 0.251 e. The predicted molar refractivity (Wildman–Crippen MR) is 125 cm³/mol. The van der Waals surface area contributed by atoms with E-state index in [1.165, 1.54) is 23.1 Å². The number of hydrogen-bond donors (Lipinski definition) is 2. The fourth-order valence-corrected chi connectivity index (χ4v) is 4.36. The van der Waals surface area contributed by atoms with Crippen LogP contribution < -0.4 is 15.4 Å². The first-order valence-electron chi connectivity index (χ1n) is 10.1. The predicted octanol–water partition coefficient (Wildman–Crippen LogP) is 3.62. The monoisotopic (exact) mass is 474 g/mol. The molecule has 0 aliphatic rings. The maximum atomic E-state index is 12.8. The molecule has 0 fully saturated rings. The number of benzene rings is 1. The molecule has 0 saturated heterocycles. The van der Waals surface area contributed by atoms with Crippen LogP contribution >= 0.6 is 23.1 Å². The molecule has 9 nitrogen and oxygen atoms in total. The van der Waals surface area contributed by atoms with Gasteiger partial charge in [0.1, 0.15) is 5.75 Å². The Balaban J connectivity index is 1.71. The van der Waals surface area contributed by atoms with Gasteiger partial charge in [-0.25, -0.2) is 4.98 Å². The van der Waals surface area contributed by atoms with Gasteiger partial charge >= 0.3 is 0 Å². The Kier molecular flexibility index (Phi) is 8.23. The van der Waals surface area contributed by atoms with Crippen LogP contribution in [0.4, 0.5) is 5.13 Å². The first kappa shape index (κ1) is 23.7. The van der Waals surface area contributed by atoms with E-state index in [0.717, 1.165) is 0 Å².